The Hall–Kier alpha value is -2.33. The minimum atomic E-state index is -0.0596. The van der Waals surface area contributed by atoms with Gasteiger partial charge in [-0.3, -0.25) is 9.59 Å². The molecule has 0 radical (unpaired) electrons. The third-order valence-corrected chi connectivity index (χ3v) is 5.97. The molecule has 0 spiro atoms. The number of halogens is 1. The fraction of sp³-hybridized carbons (Fsp3) is 0.391. The normalized spacial score (nSPS) is 20.2. The lowest BCUT2D eigenvalue weighted by Crippen LogP contribution is -2.36. The van der Waals surface area contributed by atoms with Crippen molar-refractivity contribution in [2.75, 3.05) is 5.32 Å². The van der Waals surface area contributed by atoms with E-state index in [1.807, 2.05) is 56.3 Å². The van der Waals surface area contributed by atoms with Crippen molar-refractivity contribution in [1.82, 2.24) is 5.32 Å². The molecule has 4 nitrogen and oxygen atoms in total. The van der Waals surface area contributed by atoms with Crippen LogP contribution in [0.3, 0.4) is 0 Å². The van der Waals surface area contributed by atoms with Crippen molar-refractivity contribution < 1.29 is 9.59 Å². The molecule has 2 N–H and O–H groups in total. The van der Waals surface area contributed by atoms with Crippen LogP contribution in [-0.2, 0) is 9.59 Å². The Balaban J connectivity index is 1.48. The Morgan fingerprint density at radius 2 is 1.57 bits per heavy atom. The van der Waals surface area contributed by atoms with Crippen molar-refractivity contribution >= 4 is 29.1 Å². The van der Waals surface area contributed by atoms with Crippen LogP contribution in [0.2, 0.25) is 5.02 Å². The Labute approximate surface area is 171 Å². The summed E-state index contributed by atoms with van der Waals surface area (Å²) in [5.41, 5.74) is 2.80. The van der Waals surface area contributed by atoms with Crippen molar-refractivity contribution in [3.63, 3.8) is 0 Å². The molecule has 148 valence electrons. The summed E-state index contributed by atoms with van der Waals surface area (Å²) < 4.78 is 0. The van der Waals surface area contributed by atoms with E-state index in [2.05, 4.69) is 10.6 Å². The van der Waals surface area contributed by atoms with E-state index in [9.17, 15) is 9.59 Å². The molecule has 1 aliphatic rings. The lowest BCUT2D eigenvalue weighted by atomic mass is 9.81. The van der Waals surface area contributed by atoms with Gasteiger partial charge in [-0.15, -0.1) is 0 Å². The molecule has 0 heterocycles. The van der Waals surface area contributed by atoms with E-state index >= 15 is 0 Å². The second-order valence-corrected chi connectivity index (χ2v) is 8.05. The Kier molecular flexibility index (Phi) is 6.74. The van der Waals surface area contributed by atoms with Crippen molar-refractivity contribution in [3.05, 3.63) is 64.7 Å². The summed E-state index contributed by atoms with van der Waals surface area (Å²) in [4.78, 5) is 25.1. The molecule has 3 rings (SSSR count). The van der Waals surface area contributed by atoms with Gasteiger partial charge < -0.3 is 10.6 Å². The first-order chi connectivity index (χ1) is 13.4. The maximum atomic E-state index is 12.6. The van der Waals surface area contributed by atoms with Crippen LogP contribution in [0.5, 0.6) is 0 Å². The number of carbonyl (C=O) groups is 2. The van der Waals surface area contributed by atoms with Gasteiger partial charge in [0, 0.05) is 22.5 Å². The summed E-state index contributed by atoms with van der Waals surface area (Å²) in [6.45, 7) is 3.93. The van der Waals surface area contributed by atoms with Gasteiger partial charge in [0.2, 0.25) is 11.8 Å². The highest BCUT2D eigenvalue weighted by molar-refractivity contribution is 6.31. The van der Waals surface area contributed by atoms with Gasteiger partial charge in [-0.2, -0.15) is 0 Å². The number of rotatable bonds is 5. The first-order valence-electron chi connectivity index (χ1n) is 9.86. The summed E-state index contributed by atoms with van der Waals surface area (Å²) in [5.74, 6) is 0.0108. The molecule has 2 amide bonds. The highest BCUT2D eigenvalue weighted by atomic mass is 35.5. The summed E-state index contributed by atoms with van der Waals surface area (Å²) in [5, 5.41) is 6.70. The van der Waals surface area contributed by atoms with E-state index in [0.29, 0.717) is 5.02 Å². The summed E-state index contributed by atoms with van der Waals surface area (Å²) in [6, 6.07) is 15.5. The molecule has 28 heavy (non-hydrogen) atoms. The maximum absolute atomic E-state index is 12.6. The first-order valence-corrected chi connectivity index (χ1v) is 10.2. The predicted molar refractivity (Wildman–Crippen MR) is 113 cm³/mol. The third-order valence-electron chi connectivity index (χ3n) is 5.57. The second kappa shape index (κ2) is 9.24. The van der Waals surface area contributed by atoms with Crippen molar-refractivity contribution in [2.45, 2.75) is 45.6 Å². The van der Waals surface area contributed by atoms with Gasteiger partial charge in [0.25, 0.3) is 0 Å². The minimum absolute atomic E-state index is 0.0106. The zero-order valence-corrected chi connectivity index (χ0v) is 17.1. The third kappa shape index (κ3) is 5.14. The smallest absolute Gasteiger partial charge is 0.227 e. The van der Waals surface area contributed by atoms with Gasteiger partial charge in [0.1, 0.15) is 0 Å². The van der Waals surface area contributed by atoms with E-state index in [1.54, 1.807) is 6.07 Å². The topological polar surface area (TPSA) is 58.2 Å². The number of aryl methyl sites for hydroxylation is 1. The van der Waals surface area contributed by atoms with Crippen LogP contribution in [-0.4, -0.2) is 11.8 Å². The highest BCUT2D eigenvalue weighted by Crippen LogP contribution is 2.31. The van der Waals surface area contributed by atoms with Crippen LogP contribution in [0.4, 0.5) is 5.69 Å². The number of amides is 2. The van der Waals surface area contributed by atoms with Gasteiger partial charge in [0.05, 0.1) is 6.04 Å². The fourth-order valence-electron chi connectivity index (χ4n) is 3.69. The van der Waals surface area contributed by atoms with Gasteiger partial charge in [-0.1, -0.05) is 48.0 Å². The zero-order chi connectivity index (χ0) is 20.1. The van der Waals surface area contributed by atoms with Gasteiger partial charge in [0.15, 0.2) is 0 Å². The van der Waals surface area contributed by atoms with Crippen LogP contribution >= 0.6 is 11.6 Å². The van der Waals surface area contributed by atoms with Crippen molar-refractivity contribution in [1.29, 1.82) is 0 Å². The number of anilines is 1. The Bertz CT molecular complexity index is 830. The average molecular weight is 399 g/mol. The molecule has 0 aliphatic heterocycles. The van der Waals surface area contributed by atoms with E-state index in [-0.39, 0.29) is 29.7 Å². The molecule has 5 heteroatoms. The molecule has 2 aromatic rings. The Morgan fingerprint density at radius 3 is 2.18 bits per heavy atom. The van der Waals surface area contributed by atoms with Crippen LogP contribution in [0.15, 0.2) is 48.5 Å². The van der Waals surface area contributed by atoms with E-state index in [0.717, 1.165) is 42.5 Å². The molecule has 0 bridgehead atoms. The van der Waals surface area contributed by atoms with E-state index in [1.165, 1.54) is 0 Å². The molecular formula is C23H27ClN2O2. The minimum Gasteiger partial charge on any atom is -0.349 e. The molecule has 1 atom stereocenters. The summed E-state index contributed by atoms with van der Waals surface area (Å²) >= 11 is 6.13. The second-order valence-electron chi connectivity index (χ2n) is 7.64. The van der Waals surface area contributed by atoms with Gasteiger partial charge in [-0.05, 0) is 62.8 Å². The number of hydrogen-bond acceptors (Lipinski definition) is 2. The van der Waals surface area contributed by atoms with Crippen molar-refractivity contribution in [2.24, 2.45) is 11.8 Å². The molecule has 2 aromatic carbocycles. The molecule has 0 aromatic heterocycles. The number of hydrogen-bond donors (Lipinski definition) is 2. The molecule has 1 aliphatic carbocycles. The monoisotopic (exact) mass is 398 g/mol. The lowest BCUT2D eigenvalue weighted by molar-refractivity contribution is -0.129. The lowest BCUT2D eigenvalue weighted by Gasteiger charge is -2.28. The average Bonchev–Trinajstić information content (AvgIpc) is 2.71. The first kappa shape index (κ1) is 20.4. The standard InChI is InChI=1S/C23H27ClN2O2/c1-15-8-13-20(14-21(15)24)26-23(28)19-11-9-18(10-12-19)22(27)25-16(2)17-6-4-3-5-7-17/h3-8,13-14,16,18-19H,9-12H2,1-2H3,(H,25,27)(H,26,28). The van der Waals surface area contributed by atoms with Crippen molar-refractivity contribution in [3.8, 4) is 0 Å². The fourth-order valence-corrected chi connectivity index (χ4v) is 3.87. The predicted octanol–water partition coefficient (Wildman–Crippen LogP) is 5.27. The molecule has 1 fully saturated rings. The highest BCUT2D eigenvalue weighted by Gasteiger charge is 2.30. The maximum Gasteiger partial charge on any atom is 0.227 e. The summed E-state index contributed by atoms with van der Waals surface area (Å²) in [7, 11) is 0. The number of benzene rings is 2. The number of nitrogens with one attached hydrogen (secondary N) is 2. The van der Waals surface area contributed by atoms with Crippen LogP contribution < -0.4 is 10.6 Å². The molecule has 1 saturated carbocycles. The molecular weight excluding hydrogens is 372 g/mol. The van der Waals surface area contributed by atoms with E-state index in [4.69, 9.17) is 11.6 Å². The van der Waals surface area contributed by atoms with Crippen LogP contribution in [0.25, 0.3) is 0 Å². The largest absolute Gasteiger partial charge is 0.349 e. The SMILES string of the molecule is Cc1ccc(NC(=O)C2CCC(C(=O)NC(C)c3ccccc3)CC2)cc1Cl. The quantitative estimate of drug-likeness (QED) is 0.720. The molecule has 1 unspecified atom stereocenters. The van der Waals surface area contributed by atoms with Crippen LogP contribution in [0.1, 0.15) is 49.8 Å². The summed E-state index contributed by atoms with van der Waals surface area (Å²) in [6.07, 6.45) is 2.92. The zero-order valence-electron chi connectivity index (χ0n) is 16.4. The molecule has 0 saturated heterocycles. The van der Waals surface area contributed by atoms with E-state index < -0.39 is 0 Å². The van der Waals surface area contributed by atoms with Gasteiger partial charge in [-0.25, -0.2) is 0 Å². The van der Waals surface area contributed by atoms with Gasteiger partial charge >= 0.3 is 0 Å². The number of carbonyl (C=O) groups excluding carboxylic acids is 2. The Morgan fingerprint density at radius 1 is 0.964 bits per heavy atom. The van der Waals surface area contributed by atoms with Crippen LogP contribution in [0, 0.1) is 18.8 Å².